The third-order valence-corrected chi connectivity index (χ3v) is 3.56. The van der Waals surface area contributed by atoms with Crippen molar-refractivity contribution in [3.8, 4) is 17.3 Å². The second-order valence-corrected chi connectivity index (χ2v) is 5.16. The molecule has 0 saturated carbocycles. The first-order valence-corrected chi connectivity index (χ1v) is 6.84. The molecule has 0 saturated heterocycles. The maximum absolute atomic E-state index is 13.0. The first-order valence-electron chi connectivity index (χ1n) is 6.47. The van der Waals surface area contributed by atoms with Gasteiger partial charge in [-0.3, -0.25) is 4.98 Å². The minimum atomic E-state index is -4.54. The van der Waals surface area contributed by atoms with Crippen molar-refractivity contribution >= 4 is 17.2 Å². The molecule has 0 bridgehead atoms. The van der Waals surface area contributed by atoms with E-state index in [1.807, 2.05) is 6.07 Å². The van der Waals surface area contributed by atoms with E-state index in [9.17, 15) is 13.2 Å². The second kappa shape index (κ2) is 5.56. The van der Waals surface area contributed by atoms with Crippen molar-refractivity contribution < 1.29 is 13.2 Å². The Bertz CT molecular complexity index is 910. The number of fused-ring (bicyclic) bond motifs is 1. The molecule has 3 aromatic heterocycles. The van der Waals surface area contributed by atoms with Gasteiger partial charge in [0.2, 0.25) is 0 Å². The normalized spacial score (nSPS) is 11.6. The summed E-state index contributed by atoms with van der Waals surface area (Å²) in [6.07, 6.45) is -0.649. The van der Waals surface area contributed by atoms with E-state index < -0.39 is 11.7 Å². The zero-order valence-electron chi connectivity index (χ0n) is 11.5. The van der Waals surface area contributed by atoms with Gasteiger partial charge in [0.15, 0.2) is 5.65 Å². The van der Waals surface area contributed by atoms with E-state index in [1.165, 1.54) is 10.6 Å². The van der Waals surface area contributed by atoms with Crippen LogP contribution in [0.25, 0.3) is 16.9 Å². The molecule has 116 valence electrons. The number of nitriles is 1. The maximum atomic E-state index is 13.0. The van der Waals surface area contributed by atoms with Gasteiger partial charge in [0.1, 0.15) is 0 Å². The van der Waals surface area contributed by atoms with Gasteiger partial charge in [0.05, 0.1) is 34.5 Å². The van der Waals surface area contributed by atoms with Gasteiger partial charge in [0.25, 0.3) is 0 Å². The van der Waals surface area contributed by atoms with Crippen molar-refractivity contribution in [1.82, 2.24) is 14.4 Å². The van der Waals surface area contributed by atoms with Gasteiger partial charge in [-0.2, -0.15) is 18.4 Å². The number of aromatic nitrogens is 3. The summed E-state index contributed by atoms with van der Waals surface area (Å²) in [5.74, 6) is 0. The van der Waals surface area contributed by atoms with E-state index in [1.54, 1.807) is 18.3 Å². The molecule has 23 heavy (non-hydrogen) atoms. The van der Waals surface area contributed by atoms with Gasteiger partial charge >= 0.3 is 6.18 Å². The van der Waals surface area contributed by atoms with Crippen molar-refractivity contribution in [2.45, 2.75) is 12.6 Å². The van der Waals surface area contributed by atoms with E-state index in [4.69, 9.17) is 16.9 Å². The van der Waals surface area contributed by atoms with E-state index in [0.717, 1.165) is 12.3 Å². The maximum Gasteiger partial charge on any atom is 0.417 e. The van der Waals surface area contributed by atoms with Crippen LogP contribution in [-0.2, 0) is 12.6 Å². The quantitative estimate of drug-likeness (QED) is 0.707. The molecule has 0 spiro atoms. The first-order chi connectivity index (χ1) is 10.9. The standard InChI is InChI=1S/C15H8ClF3N4/c16-11-6-10(15(17,18)19)8-23-12(3-4-20)13(22-14(11)23)9-2-1-5-21-7-9/h1-2,5-8H,3H2. The fraction of sp³-hybridized carbons (Fsp3) is 0.133. The van der Waals surface area contributed by atoms with Crippen LogP contribution in [0.5, 0.6) is 0 Å². The average molecular weight is 337 g/mol. The highest BCUT2D eigenvalue weighted by atomic mass is 35.5. The Balaban J connectivity index is 2.33. The number of nitrogens with zero attached hydrogens (tertiary/aromatic N) is 4. The monoisotopic (exact) mass is 336 g/mol. The van der Waals surface area contributed by atoms with Crippen LogP contribution in [0.4, 0.5) is 13.2 Å². The van der Waals surface area contributed by atoms with Crippen LogP contribution in [0.1, 0.15) is 11.3 Å². The van der Waals surface area contributed by atoms with Crippen LogP contribution in [0, 0.1) is 11.3 Å². The minimum Gasteiger partial charge on any atom is -0.301 e. The lowest BCUT2D eigenvalue weighted by atomic mass is 10.1. The molecule has 0 radical (unpaired) electrons. The lowest BCUT2D eigenvalue weighted by Gasteiger charge is -2.09. The number of alkyl halides is 3. The van der Waals surface area contributed by atoms with Crippen LogP contribution >= 0.6 is 11.6 Å². The lowest BCUT2D eigenvalue weighted by molar-refractivity contribution is -0.137. The number of hydrogen-bond donors (Lipinski definition) is 0. The van der Waals surface area contributed by atoms with Crippen molar-refractivity contribution in [2.75, 3.05) is 0 Å². The van der Waals surface area contributed by atoms with Gasteiger partial charge in [-0.25, -0.2) is 4.98 Å². The third kappa shape index (κ3) is 2.73. The van der Waals surface area contributed by atoms with Crippen LogP contribution in [0.3, 0.4) is 0 Å². The highest BCUT2D eigenvalue weighted by Gasteiger charge is 2.32. The average Bonchev–Trinajstić information content (AvgIpc) is 2.87. The molecule has 0 amide bonds. The van der Waals surface area contributed by atoms with Crippen LogP contribution < -0.4 is 0 Å². The zero-order valence-corrected chi connectivity index (χ0v) is 12.2. The summed E-state index contributed by atoms with van der Waals surface area (Å²) in [7, 11) is 0. The topological polar surface area (TPSA) is 54.0 Å². The van der Waals surface area contributed by atoms with E-state index in [-0.39, 0.29) is 17.1 Å². The molecule has 3 heterocycles. The predicted octanol–water partition coefficient (Wildman–Crippen LogP) is 4.13. The third-order valence-electron chi connectivity index (χ3n) is 3.28. The van der Waals surface area contributed by atoms with Gasteiger partial charge in [0, 0.05) is 24.2 Å². The molecule has 0 N–H and O–H groups in total. The molecule has 0 unspecified atom stereocenters. The van der Waals surface area contributed by atoms with Gasteiger partial charge in [-0.1, -0.05) is 11.6 Å². The first kappa shape index (κ1) is 15.3. The molecule has 0 fully saturated rings. The molecular weight excluding hydrogens is 329 g/mol. The van der Waals surface area contributed by atoms with Crippen LogP contribution in [-0.4, -0.2) is 14.4 Å². The molecule has 0 atom stereocenters. The summed E-state index contributed by atoms with van der Waals surface area (Å²) in [6, 6.07) is 6.17. The Morgan fingerprint density at radius 1 is 1.35 bits per heavy atom. The number of hydrogen-bond acceptors (Lipinski definition) is 3. The lowest BCUT2D eigenvalue weighted by Crippen LogP contribution is -2.07. The van der Waals surface area contributed by atoms with E-state index in [0.29, 0.717) is 17.0 Å². The Hall–Kier alpha value is -2.59. The summed E-state index contributed by atoms with van der Waals surface area (Å²) < 4.78 is 40.1. The van der Waals surface area contributed by atoms with Crippen molar-refractivity contribution in [3.63, 3.8) is 0 Å². The number of imidazole rings is 1. The summed E-state index contributed by atoms with van der Waals surface area (Å²) in [5.41, 5.74) is 0.601. The highest BCUT2D eigenvalue weighted by molar-refractivity contribution is 6.33. The minimum absolute atomic E-state index is 0.108. The summed E-state index contributed by atoms with van der Waals surface area (Å²) in [6.45, 7) is 0. The molecular formula is C15H8ClF3N4. The highest BCUT2D eigenvalue weighted by Crippen LogP contribution is 2.34. The Morgan fingerprint density at radius 3 is 2.74 bits per heavy atom. The Labute approximate surface area is 133 Å². The second-order valence-electron chi connectivity index (χ2n) is 4.75. The SMILES string of the molecule is N#CCc1c(-c2cccnc2)nc2c(Cl)cc(C(F)(F)F)cn12. The zero-order chi connectivity index (χ0) is 16.6. The van der Waals surface area contributed by atoms with Crippen molar-refractivity contribution in [2.24, 2.45) is 0 Å². The molecule has 8 heteroatoms. The predicted molar refractivity (Wildman–Crippen MR) is 77.8 cm³/mol. The van der Waals surface area contributed by atoms with Gasteiger partial charge in [-0.05, 0) is 18.2 Å². The van der Waals surface area contributed by atoms with E-state index in [2.05, 4.69) is 9.97 Å². The Kier molecular flexibility index (Phi) is 3.70. The molecule has 3 rings (SSSR count). The summed E-state index contributed by atoms with van der Waals surface area (Å²) in [4.78, 5) is 8.26. The van der Waals surface area contributed by atoms with Crippen molar-refractivity contribution in [1.29, 1.82) is 5.26 Å². The van der Waals surface area contributed by atoms with Crippen molar-refractivity contribution in [3.05, 3.63) is 53.1 Å². The number of rotatable bonds is 2. The summed E-state index contributed by atoms with van der Waals surface area (Å²) in [5, 5.41) is 8.87. The molecule has 0 aliphatic heterocycles. The van der Waals surface area contributed by atoms with Gasteiger partial charge in [-0.15, -0.1) is 0 Å². The van der Waals surface area contributed by atoms with Crippen LogP contribution in [0.2, 0.25) is 5.02 Å². The number of halogens is 4. The Morgan fingerprint density at radius 2 is 2.13 bits per heavy atom. The number of pyridine rings is 2. The largest absolute Gasteiger partial charge is 0.417 e. The van der Waals surface area contributed by atoms with Gasteiger partial charge < -0.3 is 4.40 Å². The molecule has 0 aromatic carbocycles. The van der Waals surface area contributed by atoms with E-state index >= 15 is 0 Å². The summed E-state index contributed by atoms with van der Waals surface area (Å²) >= 11 is 5.96. The van der Waals surface area contributed by atoms with Crippen LogP contribution in [0.15, 0.2) is 36.8 Å². The smallest absolute Gasteiger partial charge is 0.301 e. The molecule has 0 aliphatic rings. The molecule has 4 nitrogen and oxygen atoms in total. The fourth-order valence-corrected chi connectivity index (χ4v) is 2.53. The molecule has 3 aromatic rings. The molecule has 0 aliphatic carbocycles. The fourth-order valence-electron chi connectivity index (χ4n) is 2.28.